The van der Waals surface area contributed by atoms with Crippen molar-refractivity contribution in [2.24, 2.45) is 0 Å². The van der Waals surface area contributed by atoms with E-state index in [0.29, 0.717) is 6.07 Å². The average molecular weight is 339 g/mol. The minimum Gasteiger partial charge on any atom is -0.218 e. The van der Waals surface area contributed by atoms with Crippen molar-refractivity contribution in [2.75, 3.05) is 0 Å². The van der Waals surface area contributed by atoms with Crippen LogP contribution in [0.4, 0.5) is 30.7 Å². The van der Waals surface area contributed by atoms with E-state index in [-0.39, 0.29) is 4.47 Å². The van der Waals surface area contributed by atoms with Crippen LogP contribution in [0, 0.1) is 6.92 Å². The number of halogens is 8. The largest absolute Gasteiger partial charge is 0.435 e. The van der Waals surface area contributed by atoms with Gasteiger partial charge in [0.15, 0.2) is 0 Å². The molecular weight excluding hydrogens is 333 g/mol. The molecule has 1 aromatic carbocycles. The Hall–Kier alpha value is -0.790. The fourth-order valence-electron chi connectivity index (χ4n) is 1.48. The first-order valence-corrected chi connectivity index (χ1v) is 5.29. The van der Waals surface area contributed by atoms with Gasteiger partial charge >= 0.3 is 18.0 Å². The van der Waals surface area contributed by atoms with Crippen molar-refractivity contribution in [3.8, 4) is 0 Å². The molecule has 0 aromatic heterocycles. The molecule has 0 unspecified atom stereocenters. The molecule has 0 saturated heterocycles. The first-order chi connectivity index (χ1) is 7.91. The van der Waals surface area contributed by atoms with Crippen LogP contribution < -0.4 is 0 Å². The molecule has 0 bridgehead atoms. The highest BCUT2D eigenvalue weighted by molar-refractivity contribution is 9.10. The molecule has 0 nitrogen and oxygen atoms in total. The Morgan fingerprint density at radius 3 is 1.67 bits per heavy atom. The summed E-state index contributed by atoms with van der Waals surface area (Å²) in [6.07, 6.45) is -12.2. The van der Waals surface area contributed by atoms with E-state index >= 15 is 0 Å². The van der Waals surface area contributed by atoms with E-state index in [1.807, 2.05) is 0 Å². The summed E-state index contributed by atoms with van der Waals surface area (Å²) in [6.45, 7) is 0.978. The third-order valence-corrected chi connectivity index (χ3v) is 2.83. The van der Waals surface area contributed by atoms with Gasteiger partial charge in [-0.3, -0.25) is 0 Å². The lowest BCUT2D eigenvalue weighted by Gasteiger charge is -2.31. The van der Waals surface area contributed by atoms with Crippen molar-refractivity contribution in [3.63, 3.8) is 0 Å². The van der Waals surface area contributed by atoms with Gasteiger partial charge in [0.05, 0.1) is 0 Å². The predicted molar refractivity (Wildman–Crippen MR) is 53.8 cm³/mol. The maximum absolute atomic E-state index is 13.7. The number of hydrogen-bond donors (Lipinski definition) is 0. The van der Waals surface area contributed by atoms with E-state index < -0.39 is 29.1 Å². The van der Waals surface area contributed by atoms with Crippen molar-refractivity contribution in [1.29, 1.82) is 0 Å². The molecule has 0 atom stereocenters. The summed E-state index contributed by atoms with van der Waals surface area (Å²) in [4.78, 5) is 0. The van der Waals surface area contributed by atoms with Gasteiger partial charge in [-0.15, -0.1) is 0 Å². The van der Waals surface area contributed by atoms with Crippen LogP contribution in [0.3, 0.4) is 0 Å². The number of benzene rings is 1. The molecular formula is C10H6BrF7. The van der Waals surface area contributed by atoms with E-state index in [2.05, 4.69) is 15.9 Å². The number of alkyl halides is 7. The highest BCUT2D eigenvalue weighted by atomic mass is 79.9. The number of aryl methyl sites for hydroxylation is 1. The zero-order chi connectivity index (χ0) is 14.4. The van der Waals surface area contributed by atoms with Gasteiger partial charge < -0.3 is 0 Å². The first kappa shape index (κ1) is 15.3. The van der Waals surface area contributed by atoms with Gasteiger partial charge in [0.1, 0.15) is 0 Å². The van der Waals surface area contributed by atoms with Gasteiger partial charge in [-0.2, -0.15) is 26.3 Å². The Morgan fingerprint density at radius 2 is 1.33 bits per heavy atom. The molecule has 0 spiro atoms. The molecule has 8 heteroatoms. The van der Waals surface area contributed by atoms with Gasteiger partial charge in [-0.05, 0) is 24.6 Å². The van der Waals surface area contributed by atoms with Crippen LogP contribution in [-0.2, 0) is 5.67 Å². The summed E-state index contributed by atoms with van der Waals surface area (Å²) in [7, 11) is 0. The smallest absolute Gasteiger partial charge is 0.218 e. The summed E-state index contributed by atoms with van der Waals surface area (Å²) < 4.78 is 88.7. The van der Waals surface area contributed by atoms with Crippen LogP contribution in [0.25, 0.3) is 0 Å². The van der Waals surface area contributed by atoms with Crippen molar-refractivity contribution in [3.05, 3.63) is 33.8 Å². The van der Waals surface area contributed by atoms with Crippen LogP contribution in [-0.4, -0.2) is 12.4 Å². The molecule has 0 radical (unpaired) electrons. The van der Waals surface area contributed by atoms with E-state index in [1.165, 1.54) is 0 Å². The van der Waals surface area contributed by atoms with Gasteiger partial charge in [-0.25, -0.2) is 4.39 Å². The van der Waals surface area contributed by atoms with Gasteiger partial charge in [0.2, 0.25) is 0 Å². The lowest BCUT2D eigenvalue weighted by Crippen LogP contribution is -2.50. The van der Waals surface area contributed by atoms with Gasteiger partial charge in [-0.1, -0.05) is 22.0 Å². The number of rotatable bonds is 1. The fourth-order valence-corrected chi connectivity index (χ4v) is 1.96. The highest BCUT2D eigenvalue weighted by Crippen LogP contribution is 2.54. The van der Waals surface area contributed by atoms with Crippen molar-refractivity contribution in [2.45, 2.75) is 24.9 Å². The summed E-state index contributed by atoms with van der Waals surface area (Å²) in [5, 5.41) is 0. The van der Waals surface area contributed by atoms with E-state index in [9.17, 15) is 30.7 Å². The van der Waals surface area contributed by atoms with Gasteiger partial charge in [0, 0.05) is 10.0 Å². The van der Waals surface area contributed by atoms with Crippen LogP contribution in [0.2, 0.25) is 0 Å². The standard InChI is InChI=1S/C10H6BrF7/c1-5-4-6(11)2-3-7(5)8(12,9(13,14)15)10(16,17)18/h2-4H,1H3. The monoisotopic (exact) mass is 338 g/mol. The maximum atomic E-state index is 13.7. The molecule has 0 N–H and O–H groups in total. The van der Waals surface area contributed by atoms with Crippen LogP contribution >= 0.6 is 15.9 Å². The maximum Gasteiger partial charge on any atom is 0.435 e. The topological polar surface area (TPSA) is 0 Å². The zero-order valence-corrected chi connectivity index (χ0v) is 10.3. The Balaban J connectivity index is 3.56. The molecule has 18 heavy (non-hydrogen) atoms. The second kappa shape index (κ2) is 4.40. The molecule has 0 saturated carbocycles. The lowest BCUT2D eigenvalue weighted by molar-refractivity contribution is -0.348. The fraction of sp³-hybridized carbons (Fsp3) is 0.400. The lowest BCUT2D eigenvalue weighted by atomic mass is 9.90. The molecule has 0 fully saturated rings. The second-order valence-electron chi connectivity index (χ2n) is 3.61. The summed E-state index contributed by atoms with van der Waals surface area (Å²) >= 11 is 2.88. The SMILES string of the molecule is Cc1cc(Br)ccc1C(F)(C(F)(F)F)C(F)(F)F. The van der Waals surface area contributed by atoms with Crippen LogP contribution in [0.1, 0.15) is 11.1 Å². The Kier molecular flexibility index (Phi) is 3.73. The molecule has 0 amide bonds. The Labute approximate surface area is 106 Å². The summed E-state index contributed by atoms with van der Waals surface area (Å²) in [6, 6.07) is 2.38. The molecule has 1 rings (SSSR count). The average Bonchev–Trinajstić information content (AvgIpc) is 2.12. The summed E-state index contributed by atoms with van der Waals surface area (Å²) in [5.74, 6) is 0. The van der Waals surface area contributed by atoms with Crippen molar-refractivity contribution < 1.29 is 30.7 Å². The van der Waals surface area contributed by atoms with E-state index in [4.69, 9.17) is 0 Å². The van der Waals surface area contributed by atoms with Crippen LogP contribution in [0.15, 0.2) is 22.7 Å². The third kappa shape index (κ3) is 2.34. The molecule has 0 aliphatic heterocycles. The normalized spacial score (nSPS) is 13.8. The minimum atomic E-state index is -6.08. The molecule has 102 valence electrons. The molecule has 0 aliphatic carbocycles. The van der Waals surface area contributed by atoms with Crippen molar-refractivity contribution >= 4 is 15.9 Å². The minimum absolute atomic E-state index is 0.260. The number of hydrogen-bond acceptors (Lipinski definition) is 0. The van der Waals surface area contributed by atoms with Crippen molar-refractivity contribution in [1.82, 2.24) is 0 Å². The Morgan fingerprint density at radius 1 is 0.889 bits per heavy atom. The predicted octanol–water partition coefficient (Wildman–Crippen LogP) is 5.05. The molecule has 0 heterocycles. The third-order valence-electron chi connectivity index (χ3n) is 2.34. The van der Waals surface area contributed by atoms with E-state index in [0.717, 1.165) is 19.1 Å². The first-order valence-electron chi connectivity index (χ1n) is 4.50. The van der Waals surface area contributed by atoms with Gasteiger partial charge in [0.25, 0.3) is 0 Å². The molecule has 0 aliphatic rings. The van der Waals surface area contributed by atoms with Crippen LogP contribution in [0.5, 0.6) is 0 Å². The zero-order valence-electron chi connectivity index (χ0n) is 8.76. The summed E-state index contributed by atoms with van der Waals surface area (Å²) in [5.41, 5.74) is -7.27. The highest BCUT2D eigenvalue weighted by Gasteiger charge is 2.73. The Bertz CT molecular complexity index is 433. The molecule has 1 aromatic rings. The second-order valence-corrected chi connectivity index (χ2v) is 4.53. The van der Waals surface area contributed by atoms with E-state index in [1.54, 1.807) is 0 Å². The quantitative estimate of drug-likeness (QED) is 0.629.